The fraction of sp³-hybridized carbons (Fsp3) is 1.00. The molecule has 0 saturated carbocycles. The van der Waals surface area contributed by atoms with Gasteiger partial charge in [0.2, 0.25) is 0 Å². The van der Waals surface area contributed by atoms with E-state index in [-0.39, 0.29) is 0 Å². The second-order valence-electron chi connectivity index (χ2n) is 5.53. The van der Waals surface area contributed by atoms with Crippen LogP contribution in [-0.4, -0.2) is 61.8 Å². The van der Waals surface area contributed by atoms with Gasteiger partial charge in [0.1, 0.15) is 0 Å². The number of nitrogens with zero attached hydrogens (tertiary/aromatic N) is 2. The van der Waals surface area contributed by atoms with E-state index >= 15 is 0 Å². The Hall–Kier alpha value is -0.120. The standard InChI is InChI=1S/C13H26N2O/c1-12-4-3-5-14(10-12)6-7-15-8-9-16-13(2)11-15/h12-13H,3-11H2,1-2H3/t12-,13+/m1/s1. The molecule has 0 aliphatic carbocycles. The van der Waals surface area contributed by atoms with Crippen molar-refractivity contribution in [1.82, 2.24) is 9.80 Å². The molecule has 0 unspecified atom stereocenters. The Balaban J connectivity index is 1.66. The van der Waals surface area contributed by atoms with Crippen molar-refractivity contribution in [3.8, 4) is 0 Å². The summed E-state index contributed by atoms with van der Waals surface area (Å²) in [6.07, 6.45) is 3.24. The number of hydrogen-bond donors (Lipinski definition) is 0. The maximum atomic E-state index is 5.56. The summed E-state index contributed by atoms with van der Waals surface area (Å²) in [5.41, 5.74) is 0. The van der Waals surface area contributed by atoms with Crippen molar-refractivity contribution in [2.24, 2.45) is 5.92 Å². The summed E-state index contributed by atoms with van der Waals surface area (Å²) in [7, 11) is 0. The maximum Gasteiger partial charge on any atom is 0.0674 e. The molecule has 0 aromatic carbocycles. The van der Waals surface area contributed by atoms with E-state index in [9.17, 15) is 0 Å². The van der Waals surface area contributed by atoms with E-state index in [1.807, 2.05) is 0 Å². The van der Waals surface area contributed by atoms with E-state index in [1.54, 1.807) is 0 Å². The van der Waals surface area contributed by atoms with Crippen molar-refractivity contribution in [2.75, 3.05) is 45.9 Å². The minimum absolute atomic E-state index is 0.425. The van der Waals surface area contributed by atoms with Crippen LogP contribution in [0.5, 0.6) is 0 Å². The Kier molecular flexibility index (Phi) is 4.62. The number of morpholine rings is 1. The van der Waals surface area contributed by atoms with E-state index in [1.165, 1.54) is 39.0 Å². The topological polar surface area (TPSA) is 15.7 Å². The van der Waals surface area contributed by atoms with E-state index in [4.69, 9.17) is 4.74 Å². The number of likely N-dealkylation sites (tertiary alicyclic amines) is 1. The van der Waals surface area contributed by atoms with Crippen LogP contribution in [0.3, 0.4) is 0 Å². The third-order valence-electron chi connectivity index (χ3n) is 3.80. The van der Waals surface area contributed by atoms with Crippen LogP contribution >= 0.6 is 0 Å². The first kappa shape index (κ1) is 12.3. The molecule has 2 aliphatic heterocycles. The van der Waals surface area contributed by atoms with Crippen molar-refractivity contribution < 1.29 is 4.74 Å². The molecule has 2 aliphatic rings. The molecule has 0 bridgehead atoms. The van der Waals surface area contributed by atoms with Crippen LogP contribution in [0.4, 0.5) is 0 Å². The highest BCUT2D eigenvalue weighted by Gasteiger charge is 2.19. The molecular formula is C13H26N2O. The number of rotatable bonds is 3. The second kappa shape index (κ2) is 5.99. The molecule has 94 valence electrons. The summed E-state index contributed by atoms with van der Waals surface area (Å²) >= 11 is 0. The van der Waals surface area contributed by atoms with Gasteiger partial charge < -0.3 is 9.64 Å². The van der Waals surface area contributed by atoms with Gasteiger partial charge in [0.05, 0.1) is 12.7 Å². The zero-order valence-corrected chi connectivity index (χ0v) is 10.8. The average Bonchev–Trinajstić information content (AvgIpc) is 2.27. The van der Waals surface area contributed by atoms with Crippen LogP contribution in [0.15, 0.2) is 0 Å². The van der Waals surface area contributed by atoms with Crippen molar-refractivity contribution in [2.45, 2.75) is 32.8 Å². The van der Waals surface area contributed by atoms with Crippen LogP contribution < -0.4 is 0 Å². The Labute approximate surface area is 99.7 Å². The average molecular weight is 226 g/mol. The molecule has 16 heavy (non-hydrogen) atoms. The second-order valence-corrected chi connectivity index (χ2v) is 5.53. The van der Waals surface area contributed by atoms with Gasteiger partial charge in [-0.2, -0.15) is 0 Å². The minimum Gasteiger partial charge on any atom is -0.376 e. The molecule has 0 amide bonds. The van der Waals surface area contributed by atoms with Gasteiger partial charge in [0, 0.05) is 32.7 Å². The molecule has 3 nitrogen and oxygen atoms in total. The van der Waals surface area contributed by atoms with E-state index in [2.05, 4.69) is 23.6 Å². The van der Waals surface area contributed by atoms with Gasteiger partial charge >= 0.3 is 0 Å². The number of ether oxygens (including phenoxy) is 1. The highest BCUT2D eigenvalue weighted by atomic mass is 16.5. The van der Waals surface area contributed by atoms with Crippen molar-refractivity contribution in [3.63, 3.8) is 0 Å². The zero-order chi connectivity index (χ0) is 11.4. The maximum absolute atomic E-state index is 5.56. The molecule has 0 aromatic rings. The predicted octanol–water partition coefficient (Wildman–Crippen LogP) is 1.44. The lowest BCUT2D eigenvalue weighted by atomic mass is 10.0. The summed E-state index contributed by atoms with van der Waals surface area (Å²) in [6.45, 7) is 12.8. The zero-order valence-electron chi connectivity index (χ0n) is 10.8. The Morgan fingerprint density at radius 3 is 2.50 bits per heavy atom. The smallest absolute Gasteiger partial charge is 0.0674 e. The Morgan fingerprint density at radius 1 is 1.06 bits per heavy atom. The molecule has 0 spiro atoms. The van der Waals surface area contributed by atoms with Gasteiger partial charge in [0.25, 0.3) is 0 Å². The van der Waals surface area contributed by atoms with E-state index < -0.39 is 0 Å². The van der Waals surface area contributed by atoms with E-state index in [0.717, 1.165) is 25.6 Å². The number of piperidine rings is 1. The lowest BCUT2D eigenvalue weighted by Gasteiger charge is -2.35. The first-order chi connectivity index (χ1) is 7.74. The first-order valence-electron chi connectivity index (χ1n) is 6.80. The van der Waals surface area contributed by atoms with Crippen molar-refractivity contribution in [1.29, 1.82) is 0 Å². The summed E-state index contributed by atoms with van der Waals surface area (Å²) in [4.78, 5) is 5.18. The van der Waals surface area contributed by atoms with Gasteiger partial charge in [-0.05, 0) is 32.2 Å². The van der Waals surface area contributed by atoms with Crippen molar-refractivity contribution >= 4 is 0 Å². The first-order valence-corrected chi connectivity index (χ1v) is 6.80. The molecule has 0 radical (unpaired) electrons. The van der Waals surface area contributed by atoms with Crippen LogP contribution in [0.2, 0.25) is 0 Å². The summed E-state index contributed by atoms with van der Waals surface area (Å²) < 4.78 is 5.56. The normalized spacial score (nSPS) is 34.1. The summed E-state index contributed by atoms with van der Waals surface area (Å²) in [6, 6.07) is 0. The van der Waals surface area contributed by atoms with Gasteiger partial charge in [-0.3, -0.25) is 4.90 Å². The third-order valence-corrected chi connectivity index (χ3v) is 3.80. The molecule has 0 aromatic heterocycles. The minimum atomic E-state index is 0.425. The van der Waals surface area contributed by atoms with Gasteiger partial charge in [-0.1, -0.05) is 6.92 Å². The van der Waals surface area contributed by atoms with Gasteiger partial charge in [-0.15, -0.1) is 0 Å². The third kappa shape index (κ3) is 3.72. The van der Waals surface area contributed by atoms with Crippen molar-refractivity contribution in [3.05, 3.63) is 0 Å². The largest absolute Gasteiger partial charge is 0.376 e. The molecule has 3 heteroatoms. The molecule has 0 N–H and O–H groups in total. The van der Waals surface area contributed by atoms with Gasteiger partial charge in [0.15, 0.2) is 0 Å². The lowest BCUT2D eigenvalue weighted by Crippen LogP contribution is -2.46. The Morgan fingerprint density at radius 2 is 1.81 bits per heavy atom. The fourth-order valence-electron chi connectivity index (χ4n) is 2.87. The molecule has 2 rings (SSSR count). The van der Waals surface area contributed by atoms with Gasteiger partial charge in [-0.25, -0.2) is 0 Å². The number of hydrogen-bond acceptors (Lipinski definition) is 3. The van der Waals surface area contributed by atoms with Crippen LogP contribution in [0, 0.1) is 5.92 Å². The predicted molar refractivity (Wildman–Crippen MR) is 66.7 cm³/mol. The van der Waals surface area contributed by atoms with Crippen LogP contribution in [-0.2, 0) is 4.74 Å². The molecule has 2 fully saturated rings. The summed E-state index contributed by atoms with van der Waals surface area (Å²) in [5.74, 6) is 0.900. The fourth-order valence-corrected chi connectivity index (χ4v) is 2.87. The highest BCUT2D eigenvalue weighted by molar-refractivity contribution is 4.73. The molecular weight excluding hydrogens is 200 g/mol. The quantitative estimate of drug-likeness (QED) is 0.724. The monoisotopic (exact) mass is 226 g/mol. The van der Waals surface area contributed by atoms with Crippen LogP contribution in [0.25, 0.3) is 0 Å². The SMILES string of the molecule is C[C@@H]1CCCN(CCN2CCO[C@@H](C)C2)C1. The van der Waals surface area contributed by atoms with Crippen LogP contribution in [0.1, 0.15) is 26.7 Å². The highest BCUT2D eigenvalue weighted by Crippen LogP contribution is 2.15. The molecule has 2 saturated heterocycles. The Bertz CT molecular complexity index is 188. The molecule has 2 atom stereocenters. The summed E-state index contributed by atoms with van der Waals surface area (Å²) in [5, 5.41) is 0. The molecule has 2 heterocycles. The lowest BCUT2D eigenvalue weighted by molar-refractivity contribution is -0.0215. The van der Waals surface area contributed by atoms with E-state index in [0.29, 0.717) is 6.10 Å².